The number of benzene rings is 1. The van der Waals surface area contributed by atoms with Crippen molar-refractivity contribution in [3.05, 3.63) is 39.9 Å². The number of halogens is 1. The molecule has 0 radical (unpaired) electrons. The van der Waals surface area contributed by atoms with Gasteiger partial charge in [0.15, 0.2) is 0 Å². The summed E-state index contributed by atoms with van der Waals surface area (Å²) in [5.41, 5.74) is 0.189. The molecule has 0 saturated heterocycles. The van der Waals surface area contributed by atoms with Crippen LogP contribution in [0.2, 0.25) is 0 Å². The van der Waals surface area contributed by atoms with Gasteiger partial charge in [0.05, 0.1) is 4.92 Å². The summed E-state index contributed by atoms with van der Waals surface area (Å²) < 4.78 is 0. The number of hydrogen-bond acceptors (Lipinski definition) is 3. The minimum atomic E-state index is -0.532. The Kier molecular flexibility index (Phi) is 4.72. The van der Waals surface area contributed by atoms with Gasteiger partial charge < -0.3 is 5.32 Å². The molecule has 1 N–H and O–H groups in total. The number of hydrogen-bond donors (Lipinski definition) is 1. The van der Waals surface area contributed by atoms with Crippen molar-refractivity contribution in [1.29, 1.82) is 0 Å². The van der Waals surface area contributed by atoms with E-state index in [0.29, 0.717) is 18.8 Å². The van der Waals surface area contributed by atoms with E-state index in [1.807, 2.05) is 0 Å². The fourth-order valence-electron chi connectivity index (χ4n) is 1.13. The summed E-state index contributed by atoms with van der Waals surface area (Å²) in [6.07, 6.45) is 0.669. The van der Waals surface area contributed by atoms with Crippen LogP contribution in [0.1, 0.15) is 16.8 Å². The number of rotatable bonds is 5. The van der Waals surface area contributed by atoms with Crippen molar-refractivity contribution in [2.75, 3.05) is 12.4 Å². The summed E-state index contributed by atoms with van der Waals surface area (Å²) in [5.74, 6) is 0.142. The maximum atomic E-state index is 11.5. The minimum absolute atomic E-state index is 0.0926. The highest BCUT2D eigenvalue weighted by atomic mass is 35.5. The Hall–Kier alpha value is -1.62. The van der Waals surface area contributed by atoms with Gasteiger partial charge in [-0.15, -0.1) is 11.6 Å². The average Bonchev–Trinajstić information content (AvgIpc) is 2.29. The van der Waals surface area contributed by atoms with E-state index in [1.54, 1.807) is 0 Å². The van der Waals surface area contributed by atoms with E-state index in [1.165, 1.54) is 24.3 Å². The lowest BCUT2D eigenvalue weighted by atomic mass is 10.2. The van der Waals surface area contributed by atoms with E-state index in [4.69, 9.17) is 11.6 Å². The second-order valence-corrected chi connectivity index (χ2v) is 3.48. The Morgan fingerprint density at radius 1 is 1.50 bits per heavy atom. The Bertz CT molecular complexity index is 395. The molecule has 0 unspecified atom stereocenters. The molecule has 5 nitrogen and oxygen atoms in total. The van der Waals surface area contributed by atoms with Gasteiger partial charge >= 0.3 is 0 Å². The van der Waals surface area contributed by atoms with Gasteiger partial charge in [-0.2, -0.15) is 0 Å². The second-order valence-electron chi connectivity index (χ2n) is 3.11. The molecule has 16 heavy (non-hydrogen) atoms. The van der Waals surface area contributed by atoms with Crippen LogP contribution >= 0.6 is 11.6 Å². The Morgan fingerprint density at radius 2 is 2.25 bits per heavy atom. The van der Waals surface area contributed by atoms with E-state index in [-0.39, 0.29) is 17.2 Å². The van der Waals surface area contributed by atoms with Gasteiger partial charge in [-0.3, -0.25) is 14.9 Å². The lowest BCUT2D eigenvalue weighted by Crippen LogP contribution is -2.24. The molecule has 0 heterocycles. The molecule has 1 aromatic rings. The molecule has 0 aromatic heterocycles. The predicted octanol–water partition coefficient (Wildman–Crippen LogP) is 1.95. The molecular formula is C10H11ClN2O3. The second kappa shape index (κ2) is 6.07. The number of carbonyl (C=O) groups excluding carboxylic acids is 1. The smallest absolute Gasteiger partial charge is 0.270 e. The SMILES string of the molecule is O=C(NCCCCl)c1cccc([N+](=O)[O-])c1. The lowest BCUT2D eigenvalue weighted by Gasteiger charge is -2.03. The number of amides is 1. The number of nitro groups is 1. The van der Waals surface area contributed by atoms with Gasteiger partial charge in [0.2, 0.25) is 0 Å². The zero-order valence-corrected chi connectivity index (χ0v) is 9.24. The fraction of sp³-hybridized carbons (Fsp3) is 0.300. The monoisotopic (exact) mass is 242 g/mol. The summed E-state index contributed by atoms with van der Waals surface area (Å²) in [6, 6.07) is 5.60. The van der Waals surface area contributed by atoms with Crippen molar-refractivity contribution in [2.45, 2.75) is 6.42 Å². The molecule has 0 saturated carbocycles. The van der Waals surface area contributed by atoms with E-state index in [2.05, 4.69) is 5.32 Å². The van der Waals surface area contributed by atoms with Crippen molar-refractivity contribution in [1.82, 2.24) is 5.32 Å². The summed E-state index contributed by atoms with van der Waals surface area (Å²) in [4.78, 5) is 21.5. The van der Waals surface area contributed by atoms with Crippen LogP contribution < -0.4 is 5.32 Å². The number of non-ortho nitro benzene ring substituents is 1. The molecule has 0 aliphatic rings. The van der Waals surface area contributed by atoms with E-state index in [0.717, 1.165) is 0 Å². The van der Waals surface area contributed by atoms with Crippen LogP contribution in [0.25, 0.3) is 0 Å². The van der Waals surface area contributed by atoms with Gasteiger partial charge in [-0.25, -0.2) is 0 Å². The molecular weight excluding hydrogens is 232 g/mol. The summed E-state index contributed by atoms with van der Waals surface area (Å²) in [7, 11) is 0. The molecule has 0 aliphatic heterocycles. The minimum Gasteiger partial charge on any atom is -0.352 e. The molecule has 0 fully saturated rings. The van der Waals surface area contributed by atoms with Crippen molar-refractivity contribution >= 4 is 23.2 Å². The van der Waals surface area contributed by atoms with Crippen LogP contribution in [0.5, 0.6) is 0 Å². The number of nitrogens with zero attached hydrogens (tertiary/aromatic N) is 1. The van der Waals surface area contributed by atoms with Gasteiger partial charge in [-0.05, 0) is 12.5 Å². The summed E-state index contributed by atoms with van der Waals surface area (Å²) >= 11 is 5.46. The Balaban J connectivity index is 2.68. The van der Waals surface area contributed by atoms with Crippen molar-refractivity contribution < 1.29 is 9.72 Å². The zero-order chi connectivity index (χ0) is 12.0. The van der Waals surface area contributed by atoms with Crippen molar-refractivity contribution in [2.24, 2.45) is 0 Å². The number of alkyl halides is 1. The van der Waals surface area contributed by atoms with Crippen LogP contribution in [0, 0.1) is 10.1 Å². The van der Waals surface area contributed by atoms with Crippen LogP contribution in [0.3, 0.4) is 0 Å². The molecule has 0 bridgehead atoms. The first kappa shape index (κ1) is 12.4. The van der Waals surface area contributed by atoms with Crippen LogP contribution in [0.15, 0.2) is 24.3 Å². The van der Waals surface area contributed by atoms with Crippen LogP contribution in [0.4, 0.5) is 5.69 Å². The summed E-state index contributed by atoms with van der Waals surface area (Å²) in [5, 5.41) is 13.1. The highest BCUT2D eigenvalue weighted by molar-refractivity contribution is 6.17. The maximum Gasteiger partial charge on any atom is 0.270 e. The molecule has 0 spiro atoms. The van der Waals surface area contributed by atoms with Crippen molar-refractivity contribution in [3.8, 4) is 0 Å². The Labute approximate surface area is 97.6 Å². The summed E-state index contributed by atoms with van der Waals surface area (Å²) in [6.45, 7) is 0.463. The molecule has 1 rings (SSSR count). The third kappa shape index (κ3) is 3.51. The van der Waals surface area contributed by atoms with Gasteiger partial charge in [-0.1, -0.05) is 6.07 Å². The molecule has 1 aromatic carbocycles. The maximum absolute atomic E-state index is 11.5. The van der Waals surface area contributed by atoms with Crippen LogP contribution in [-0.4, -0.2) is 23.3 Å². The average molecular weight is 243 g/mol. The topological polar surface area (TPSA) is 72.2 Å². The van der Waals surface area contributed by atoms with E-state index in [9.17, 15) is 14.9 Å². The first-order valence-corrected chi connectivity index (χ1v) is 5.27. The molecule has 6 heteroatoms. The lowest BCUT2D eigenvalue weighted by molar-refractivity contribution is -0.384. The third-order valence-electron chi connectivity index (χ3n) is 1.92. The standard InChI is InChI=1S/C10H11ClN2O3/c11-5-2-6-12-10(14)8-3-1-4-9(7-8)13(15)16/h1,3-4,7H,2,5-6H2,(H,12,14). The van der Waals surface area contributed by atoms with E-state index < -0.39 is 4.92 Å². The largest absolute Gasteiger partial charge is 0.352 e. The normalized spacial score (nSPS) is 9.81. The highest BCUT2D eigenvalue weighted by Crippen LogP contribution is 2.12. The molecule has 0 aliphatic carbocycles. The zero-order valence-electron chi connectivity index (χ0n) is 8.48. The fourth-order valence-corrected chi connectivity index (χ4v) is 1.27. The first-order chi connectivity index (χ1) is 7.65. The third-order valence-corrected chi connectivity index (χ3v) is 2.18. The number of nitro benzene ring substituents is 1. The highest BCUT2D eigenvalue weighted by Gasteiger charge is 2.10. The van der Waals surface area contributed by atoms with Gasteiger partial charge in [0.25, 0.3) is 11.6 Å². The van der Waals surface area contributed by atoms with Crippen molar-refractivity contribution in [3.63, 3.8) is 0 Å². The number of carbonyl (C=O) groups is 1. The van der Waals surface area contributed by atoms with Gasteiger partial charge in [0.1, 0.15) is 0 Å². The molecule has 0 atom stereocenters. The first-order valence-electron chi connectivity index (χ1n) is 4.74. The molecule has 1 amide bonds. The number of nitrogens with one attached hydrogen (secondary N) is 1. The predicted molar refractivity (Wildman–Crippen MR) is 60.8 cm³/mol. The van der Waals surface area contributed by atoms with Crippen LogP contribution in [-0.2, 0) is 0 Å². The molecule has 86 valence electrons. The van der Waals surface area contributed by atoms with E-state index >= 15 is 0 Å². The quantitative estimate of drug-likeness (QED) is 0.371. The van der Waals surface area contributed by atoms with Gasteiger partial charge in [0, 0.05) is 30.1 Å². The Morgan fingerprint density at radius 3 is 2.88 bits per heavy atom.